The molecule has 2 heteroatoms. The van der Waals surface area contributed by atoms with Crippen LogP contribution < -0.4 is 0 Å². The van der Waals surface area contributed by atoms with Crippen molar-refractivity contribution in [1.82, 2.24) is 0 Å². The van der Waals surface area contributed by atoms with E-state index in [1.807, 2.05) is 0 Å². The Hall–Kier alpha value is -1.31. The average molecular weight is 149 g/mol. The van der Waals surface area contributed by atoms with Crippen LogP contribution in [0.15, 0.2) is 24.3 Å². The maximum atomic E-state index is 10.9. The normalized spacial score (nSPS) is 9.27. The molecule has 0 aliphatic carbocycles. The van der Waals surface area contributed by atoms with Crippen LogP contribution in [0.2, 0.25) is 0 Å². The number of methoxy groups -OCH3 is 1. The van der Waals surface area contributed by atoms with Gasteiger partial charge in [-0.15, -0.1) is 0 Å². The molecule has 0 bridgehead atoms. The fraction of sp³-hybridized carbons (Fsp3) is 0.111. The number of rotatable bonds is 1. The molecule has 0 heterocycles. The Kier molecular flexibility index (Phi) is 2.26. The minimum absolute atomic E-state index is 0.315. The summed E-state index contributed by atoms with van der Waals surface area (Å²) in [7, 11) is 1.36. The highest BCUT2D eigenvalue weighted by molar-refractivity contribution is 5.89. The first-order valence-electron chi connectivity index (χ1n) is 3.24. The molecule has 0 N–H and O–H groups in total. The molecule has 1 aromatic carbocycles. The Balaban J connectivity index is 2.90. The van der Waals surface area contributed by atoms with Gasteiger partial charge in [0.25, 0.3) is 0 Å². The maximum absolute atomic E-state index is 10.9. The lowest BCUT2D eigenvalue weighted by Crippen LogP contribution is -2.00. The van der Waals surface area contributed by atoms with Gasteiger partial charge in [0, 0.05) is 0 Å². The van der Waals surface area contributed by atoms with Crippen LogP contribution in [0.3, 0.4) is 0 Å². The van der Waals surface area contributed by atoms with Gasteiger partial charge < -0.3 is 4.74 Å². The van der Waals surface area contributed by atoms with Crippen LogP contribution >= 0.6 is 0 Å². The molecular formula is C9H9O2. The van der Waals surface area contributed by atoms with E-state index in [9.17, 15) is 4.79 Å². The van der Waals surface area contributed by atoms with Crippen LogP contribution in [0.4, 0.5) is 0 Å². The summed E-state index contributed by atoms with van der Waals surface area (Å²) in [6.45, 7) is 3.69. The molecule has 0 amide bonds. The minimum atomic E-state index is -0.315. The van der Waals surface area contributed by atoms with Crippen molar-refractivity contribution in [2.24, 2.45) is 0 Å². The molecule has 0 saturated carbocycles. The Labute approximate surface area is 65.8 Å². The first-order chi connectivity index (χ1) is 5.24. The lowest BCUT2D eigenvalue weighted by atomic mass is 10.2. The maximum Gasteiger partial charge on any atom is 0.337 e. The second kappa shape index (κ2) is 3.19. The molecule has 0 aliphatic heterocycles. The third-order valence-electron chi connectivity index (χ3n) is 1.38. The molecule has 0 unspecified atom stereocenters. The Morgan fingerprint density at radius 1 is 1.36 bits per heavy atom. The quantitative estimate of drug-likeness (QED) is 0.567. The zero-order chi connectivity index (χ0) is 8.27. The molecule has 11 heavy (non-hydrogen) atoms. The number of esters is 1. The second-order valence-electron chi connectivity index (χ2n) is 2.19. The monoisotopic (exact) mass is 149 g/mol. The van der Waals surface area contributed by atoms with E-state index in [1.165, 1.54) is 7.11 Å². The van der Waals surface area contributed by atoms with Gasteiger partial charge in [-0.2, -0.15) is 0 Å². The Bertz CT molecular complexity index is 249. The number of benzene rings is 1. The van der Waals surface area contributed by atoms with Crippen LogP contribution in [0.25, 0.3) is 0 Å². The van der Waals surface area contributed by atoms with Gasteiger partial charge in [0.15, 0.2) is 0 Å². The number of hydrogen-bond acceptors (Lipinski definition) is 2. The topological polar surface area (TPSA) is 26.3 Å². The number of carbonyl (C=O) groups is 1. The van der Waals surface area contributed by atoms with Gasteiger partial charge in [-0.3, -0.25) is 0 Å². The van der Waals surface area contributed by atoms with Gasteiger partial charge in [0.2, 0.25) is 0 Å². The molecule has 57 valence electrons. The van der Waals surface area contributed by atoms with E-state index in [0.717, 1.165) is 5.56 Å². The zero-order valence-corrected chi connectivity index (χ0v) is 6.33. The first kappa shape index (κ1) is 7.79. The van der Waals surface area contributed by atoms with Crippen molar-refractivity contribution in [2.45, 2.75) is 0 Å². The summed E-state index contributed by atoms with van der Waals surface area (Å²) in [6, 6.07) is 6.92. The molecule has 1 radical (unpaired) electrons. The summed E-state index contributed by atoms with van der Waals surface area (Å²) in [4.78, 5) is 10.9. The van der Waals surface area contributed by atoms with E-state index in [1.54, 1.807) is 24.3 Å². The molecule has 0 aliphatic rings. The molecule has 0 aromatic heterocycles. The van der Waals surface area contributed by atoms with Gasteiger partial charge in [-0.25, -0.2) is 4.79 Å². The van der Waals surface area contributed by atoms with E-state index >= 15 is 0 Å². The van der Waals surface area contributed by atoms with E-state index in [0.29, 0.717) is 5.56 Å². The van der Waals surface area contributed by atoms with Crippen LogP contribution in [-0.2, 0) is 4.74 Å². The van der Waals surface area contributed by atoms with E-state index in [-0.39, 0.29) is 5.97 Å². The van der Waals surface area contributed by atoms with Crippen LogP contribution in [0, 0.1) is 6.92 Å². The number of carbonyl (C=O) groups excluding carboxylic acids is 1. The zero-order valence-electron chi connectivity index (χ0n) is 6.33. The van der Waals surface area contributed by atoms with Crippen molar-refractivity contribution < 1.29 is 9.53 Å². The average Bonchev–Trinajstić information content (AvgIpc) is 2.05. The van der Waals surface area contributed by atoms with Crippen LogP contribution in [0.5, 0.6) is 0 Å². The van der Waals surface area contributed by atoms with Crippen molar-refractivity contribution in [2.75, 3.05) is 7.11 Å². The second-order valence-corrected chi connectivity index (χ2v) is 2.19. The molecular weight excluding hydrogens is 140 g/mol. The fourth-order valence-electron chi connectivity index (χ4n) is 0.759. The van der Waals surface area contributed by atoms with Gasteiger partial charge in [-0.05, 0) is 24.6 Å². The molecule has 0 atom stereocenters. The molecule has 2 nitrogen and oxygen atoms in total. The molecule has 1 rings (SSSR count). The predicted octanol–water partition coefficient (Wildman–Crippen LogP) is 1.66. The van der Waals surface area contributed by atoms with Gasteiger partial charge in [-0.1, -0.05) is 12.1 Å². The van der Waals surface area contributed by atoms with Crippen LogP contribution in [-0.4, -0.2) is 13.1 Å². The predicted molar refractivity (Wildman–Crippen MR) is 42.2 cm³/mol. The minimum Gasteiger partial charge on any atom is -0.465 e. The Morgan fingerprint density at radius 3 is 2.36 bits per heavy atom. The highest BCUT2D eigenvalue weighted by atomic mass is 16.5. The van der Waals surface area contributed by atoms with Crippen molar-refractivity contribution in [3.05, 3.63) is 42.3 Å². The molecule has 0 saturated heterocycles. The number of ether oxygens (including phenoxy) is 1. The summed E-state index contributed by atoms with van der Waals surface area (Å²) in [5.41, 5.74) is 1.44. The molecule has 1 aromatic rings. The van der Waals surface area contributed by atoms with Crippen molar-refractivity contribution in [1.29, 1.82) is 0 Å². The third kappa shape index (κ3) is 1.80. The smallest absolute Gasteiger partial charge is 0.337 e. The molecule has 0 spiro atoms. The summed E-state index contributed by atoms with van der Waals surface area (Å²) in [5, 5.41) is 0. The summed E-state index contributed by atoms with van der Waals surface area (Å²) in [6.07, 6.45) is 0. The third-order valence-corrected chi connectivity index (χ3v) is 1.38. The first-order valence-corrected chi connectivity index (χ1v) is 3.24. The number of hydrogen-bond donors (Lipinski definition) is 0. The van der Waals surface area contributed by atoms with Crippen molar-refractivity contribution in [3.63, 3.8) is 0 Å². The van der Waals surface area contributed by atoms with Crippen molar-refractivity contribution in [3.8, 4) is 0 Å². The fourth-order valence-corrected chi connectivity index (χ4v) is 0.759. The Morgan fingerprint density at radius 2 is 1.91 bits per heavy atom. The largest absolute Gasteiger partial charge is 0.465 e. The summed E-state index contributed by atoms with van der Waals surface area (Å²) >= 11 is 0. The van der Waals surface area contributed by atoms with E-state index < -0.39 is 0 Å². The lowest BCUT2D eigenvalue weighted by Gasteiger charge is -1.97. The van der Waals surface area contributed by atoms with E-state index in [4.69, 9.17) is 0 Å². The summed E-state index contributed by atoms with van der Waals surface area (Å²) < 4.78 is 4.52. The van der Waals surface area contributed by atoms with Crippen molar-refractivity contribution >= 4 is 5.97 Å². The highest BCUT2D eigenvalue weighted by Gasteiger charge is 2.01. The van der Waals surface area contributed by atoms with Crippen LogP contribution in [0.1, 0.15) is 15.9 Å². The van der Waals surface area contributed by atoms with E-state index in [2.05, 4.69) is 11.7 Å². The molecule has 0 fully saturated rings. The van der Waals surface area contributed by atoms with Gasteiger partial charge in [0.05, 0.1) is 12.7 Å². The van der Waals surface area contributed by atoms with Gasteiger partial charge in [0.1, 0.15) is 0 Å². The SMILES string of the molecule is [CH2]c1ccc(C(=O)OC)cc1. The standard InChI is InChI=1S/C9H9O2/c1-7-3-5-8(6-4-7)9(10)11-2/h3-6H,1H2,2H3. The lowest BCUT2D eigenvalue weighted by molar-refractivity contribution is 0.0601. The highest BCUT2D eigenvalue weighted by Crippen LogP contribution is 2.03. The summed E-state index contributed by atoms with van der Waals surface area (Å²) in [5.74, 6) is -0.315. The van der Waals surface area contributed by atoms with Gasteiger partial charge >= 0.3 is 5.97 Å².